The summed E-state index contributed by atoms with van der Waals surface area (Å²) < 4.78 is 16.3. The Hall–Kier alpha value is -2.28. The van der Waals surface area contributed by atoms with Crippen LogP contribution in [0.5, 0.6) is 17.2 Å². The van der Waals surface area contributed by atoms with Crippen molar-refractivity contribution in [3.63, 3.8) is 0 Å². The van der Waals surface area contributed by atoms with E-state index < -0.39 is 0 Å². The molecule has 0 radical (unpaired) electrons. The highest BCUT2D eigenvalue weighted by atomic mass is 16.5. The number of hydrogen-bond acceptors (Lipinski definition) is 7. The van der Waals surface area contributed by atoms with Gasteiger partial charge in [-0.1, -0.05) is 0 Å². The lowest BCUT2D eigenvalue weighted by atomic mass is 10.1. The fourth-order valence-electron chi connectivity index (χ4n) is 2.96. The van der Waals surface area contributed by atoms with E-state index in [1.165, 1.54) is 19.2 Å². The Balaban J connectivity index is 2.01. The molecule has 7 heteroatoms. The summed E-state index contributed by atoms with van der Waals surface area (Å²) in [5, 5.41) is 7.71. The number of fused-ring (bicyclic) bond motifs is 1. The number of rotatable bonds is 6. The van der Waals surface area contributed by atoms with Gasteiger partial charge in [0.2, 0.25) is 5.75 Å². The Bertz CT molecular complexity index is 687. The third-order valence-corrected chi connectivity index (χ3v) is 4.11. The first-order valence-electron chi connectivity index (χ1n) is 7.69. The molecule has 1 aromatic carbocycles. The Morgan fingerprint density at radius 1 is 1.17 bits per heavy atom. The molecular formula is C16H22N4O3. The molecule has 1 aromatic heterocycles. The largest absolute Gasteiger partial charge is 0.493 e. The third-order valence-electron chi connectivity index (χ3n) is 4.11. The fourth-order valence-corrected chi connectivity index (χ4v) is 2.96. The van der Waals surface area contributed by atoms with E-state index in [9.17, 15) is 0 Å². The second kappa shape index (κ2) is 6.87. The van der Waals surface area contributed by atoms with Crippen LogP contribution < -0.4 is 24.8 Å². The van der Waals surface area contributed by atoms with Gasteiger partial charge >= 0.3 is 0 Å². The van der Waals surface area contributed by atoms with Crippen LogP contribution in [0.2, 0.25) is 0 Å². The minimum Gasteiger partial charge on any atom is -0.493 e. The van der Waals surface area contributed by atoms with Crippen LogP contribution in [-0.4, -0.2) is 50.4 Å². The number of methoxy groups -OCH3 is 3. The van der Waals surface area contributed by atoms with Crippen molar-refractivity contribution in [2.75, 3.05) is 39.7 Å². The lowest BCUT2D eigenvalue weighted by Crippen LogP contribution is -2.29. The summed E-state index contributed by atoms with van der Waals surface area (Å²) in [6.45, 7) is 1.90. The molecule has 0 unspecified atom stereocenters. The van der Waals surface area contributed by atoms with Crippen molar-refractivity contribution < 1.29 is 14.2 Å². The molecule has 2 aromatic rings. The summed E-state index contributed by atoms with van der Waals surface area (Å²) in [6.07, 6.45) is 3.92. The van der Waals surface area contributed by atoms with Gasteiger partial charge in [0.25, 0.3) is 0 Å². The van der Waals surface area contributed by atoms with Gasteiger partial charge in [0.15, 0.2) is 11.5 Å². The average molecular weight is 318 g/mol. The molecule has 0 saturated carbocycles. The Morgan fingerprint density at radius 3 is 2.65 bits per heavy atom. The van der Waals surface area contributed by atoms with E-state index in [-0.39, 0.29) is 0 Å². The molecule has 1 saturated heterocycles. The Morgan fingerprint density at radius 2 is 2.00 bits per heavy atom. The minimum absolute atomic E-state index is 0.474. The van der Waals surface area contributed by atoms with E-state index in [1.54, 1.807) is 21.3 Å². The summed E-state index contributed by atoms with van der Waals surface area (Å²) in [7, 11) is 4.77. The SMILES string of the molecule is COc1cc2c(NC[C@@H]3CCCN3)ncnc2c(OC)c1OC. The molecule has 0 aliphatic carbocycles. The lowest BCUT2D eigenvalue weighted by Gasteiger charge is -2.17. The standard InChI is InChI=1S/C16H22N4O3/c1-21-12-7-11-13(15(23-3)14(12)22-2)19-9-20-16(11)18-8-10-5-4-6-17-10/h7,9-10,17H,4-6,8H2,1-3H3,(H,18,19,20)/t10-/m0/s1. The number of hydrogen-bond donors (Lipinski definition) is 2. The van der Waals surface area contributed by atoms with Crippen LogP contribution in [0.25, 0.3) is 10.9 Å². The highest BCUT2D eigenvalue weighted by molar-refractivity contribution is 5.96. The number of benzene rings is 1. The van der Waals surface area contributed by atoms with Crippen molar-refractivity contribution in [3.8, 4) is 17.2 Å². The number of aromatic nitrogens is 2. The predicted octanol–water partition coefficient (Wildman–Crippen LogP) is 1.82. The first-order valence-corrected chi connectivity index (χ1v) is 7.69. The van der Waals surface area contributed by atoms with Crippen LogP contribution >= 0.6 is 0 Å². The zero-order valence-electron chi connectivity index (χ0n) is 13.7. The van der Waals surface area contributed by atoms with Crippen molar-refractivity contribution in [3.05, 3.63) is 12.4 Å². The second-order valence-corrected chi connectivity index (χ2v) is 5.44. The fraction of sp³-hybridized carbons (Fsp3) is 0.500. The minimum atomic E-state index is 0.474. The first-order chi connectivity index (χ1) is 11.3. The van der Waals surface area contributed by atoms with Gasteiger partial charge in [0, 0.05) is 12.6 Å². The number of nitrogens with one attached hydrogen (secondary N) is 2. The van der Waals surface area contributed by atoms with Crippen LogP contribution in [0, 0.1) is 0 Å². The van der Waals surface area contributed by atoms with E-state index in [1.807, 2.05) is 6.07 Å². The van der Waals surface area contributed by atoms with Crippen LogP contribution in [0.15, 0.2) is 12.4 Å². The van der Waals surface area contributed by atoms with Crippen molar-refractivity contribution in [1.29, 1.82) is 0 Å². The van der Waals surface area contributed by atoms with Crippen LogP contribution in [0.3, 0.4) is 0 Å². The molecule has 0 amide bonds. The molecule has 2 N–H and O–H groups in total. The van der Waals surface area contributed by atoms with Crippen molar-refractivity contribution in [1.82, 2.24) is 15.3 Å². The van der Waals surface area contributed by atoms with E-state index in [0.29, 0.717) is 28.8 Å². The first kappa shape index (κ1) is 15.6. The van der Waals surface area contributed by atoms with Gasteiger partial charge in [0.05, 0.1) is 26.7 Å². The van der Waals surface area contributed by atoms with Crippen LogP contribution in [0.1, 0.15) is 12.8 Å². The number of nitrogens with zero attached hydrogens (tertiary/aromatic N) is 2. The molecule has 3 rings (SSSR count). The Kier molecular flexibility index (Phi) is 4.66. The summed E-state index contributed by atoms with van der Waals surface area (Å²) in [4.78, 5) is 8.72. The van der Waals surface area contributed by atoms with Gasteiger partial charge in [-0.05, 0) is 25.5 Å². The number of ether oxygens (including phenoxy) is 3. The van der Waals surface area contributed by atoms with Gasteiger partial charge in [-0.25, -0.2) is 9.97 Å². The normalized spacial score (nSPS) is 17.3. The second-order valence-electron chi connectivity index (χ2n) is 5.44. The van der Waals surface area contributed by atoms with E-state index in [4.69, 9.17) is 14.2 Å². The van der Waals surface area contributed by atoms with E-state index >= 15 is 0 Å². The molecule has 2 heterocycles. The molecule has 1 atom stereocenters. The summed E-state index contributed by atoms with van der Waals surface area (Å²) >= 11 is 0. The van der Waals surface area contributed by atoms with Crippen LogP contribution in [-0.2, 0) is 0 Å². The van der Waals surface area contributed by atoms with Crippen LogP contribution in [0.4, 0.5) is 5.82 Å². The maximum absolute atomic E-state index is 5.49. The maximum Gasteiger partial charge on any atom is 0.205 e. The quantitative estimate of drug-likeness (QED) is 0.841. The maximum atomic E-state index is 5.49. The zero-order chi connectivity index (χ0) is 16.2. The zero-order valence-corrected chi connectivity index (χ0v) is 13.7. The molecule has 1 aliphatic heterocycles. The van der Waals surface area contributed by atoms with E-state index in [2.05, 4.69) is 20.6 Å². The Labute approximate surface area is 135 Å². The van der Waals surface area contributed by atoms with Gasteiger partial charge in [-0.15, -0.1) is 0 Å². The van der Waals surface area contributed by atoms with Crippen molar-refractivity contribution in [2.45, 2.75) is 18.9 Å². The summed E-state index contributed by atoms with van der Waals surface area (Å²) in [5.74, 6) is 2.44. The molecule has 0 spiro atoms. The molecule has 0 bridgehead atoms. The lowest BCUT2D eigenvalue weighted by molar-refractivity contribution is 0.327. The smallest absolute Gasteiger partial charge is 0.205 e. The molecular weight excluding hydrogens is 296 g/mol. The molecule has 1 aliphatic rings. The van der Waals surface area contributed by atoms with E-state index in [0.717, 1.165) is 24.3 Å². The highest BCUT2D eigenvalue weighted by Gasteiger charge is 2.20. The topological polar surface area (TPSA) is 77.5 Å². The van der Waals surface area contributed by atoms with Gasteiger partial charge in [0.1, 0.15) is 17.7 Å². The molecule has 7 nitrogen and oxygen atoms in total. The number of anilines is 1. The highest BCUT2D eigenvalue weighted by Crippen LogP contribution is 2.43. The van der Waals surface area contributed by atoms with Crippen molar-refractivity contribution >= 4 is 16.7 Å². The van der Waals surface area contributed by atoms with Crippen molar-refractivity contribution in [2.24, 2.45) is 0 Å². The molecule has 124 valence electrons. The predicted molar refractivity (Wildman–Crippen MR) is 88.7 cm³/mol. The summed E-state index contributed by atoms with van der Waals surface area (Å²) in [6, 6.07) is 2.35. The molecule has 23 heavy (non-hydrogen) atoms. The third kappa shape index (κ3) is 2.96. The van der Waals surface area contributed by atoms with Gasteiger partial charge in [-0.2, -0.15) is 0 Å². The molecule has 1 fully saturated rings. The van der Waals surface area contributed by atoms with Gasteiger partial charge < -0.3 is 24.8 Å². The van der Waals surface area contributed by atoms with Gasteiger partial charge in [-0.3, -0.25) is 0 Å². The summed E-state index contributed by atoms with van der Waals surface area (Å²) in [5.41, 5.74) is 0.696. The monoisotopic (exact) mass is 318 g/mol. The average Bonchev–Trinajstić information content (AvgIpc) is 3.11.